The molecule has 0 spiro atoms. The van der Waals surface area contributed by atoms with Crippen LogP contribution < -0.4 is 20.1 Å². The van der Waals surface area contributed by atoms with E-state index in [1.165, 1.54) is 0 Å². The lowest BCUT2D eigenvalue weighted by atomic mass is 10.1. The normalized spacial score (nSPS) is 20.0. The fourth-order valence-corrected chi connectivity index (χ4v) is 2.78. The zero-order chi connectivity index (χ0) is 17.5. The number of hydrogen-bond donors (Lipinski definition) is 1. The zero-order valence-electron chi connectivity index (χ0n) is 14.5. The van der Waals surface area contributed by atoms with Crippen molar-refractivity contribution in [1.29, 1.82) is 0 Å². The van der Waals surface area contributed by atoms with Crippen LogP contribution in [-0.4, -0.2) is 59.1 Å². The van der Waals surface area contributed by atoms with E-state index in [-0.39, 0.29) is 12.0 Å². The van der Waals surface area contributed by atoms with Crippen molar-refractivity contribution in [2.45, 2.75) is 25.0 Å². The van der Waals surface area contributed by atoms with Crippen molar-refractivity contribution in [2.24, 2.45) is 5.73 Å². The Morgan fingerprint density at radius 1 is 1.25 bits per heavy atom. The minimum absolute atomic E-state index is 0.0476. The molecule has 2 N–H and O–H groups in total. The van der Waals surface area contributed by atoms with Crippen LogP contribution >= 0.6 is 0 Å². The Morgan fingerprint density at radius 3 is 2.58 bits per heavy atom. The van der Waals surface area contributed by atoms with E-state index in [0.29, 0.717) is 37.6 Å². The van der Waals surface area contributed by atoms with Gasteiger partial charge in [-0.3, -0.25) is 4.79 Å². The van der Waals surface area contributed by atoms with Crippen molar-refractivity contribution < 1.29 is 23.7 Å². The van der Waals surface area contributed by atoms with Crippen LogP contribution in [0.3, 0.4) is 0 Å². The molecule has 134 valence electrons. The van der Waals surface area contributed by atoms with Crippen molar-refractivity contribution >= 4 is 11.6 Å². The van der Waals surface area contributed by atoms with Gasteiger partial charge in [0.2, 0.25) is 0 Å². The fraction of sp³-hybridized carbons (Fsp3) is 0.588. The number of methoxy groups -OCH3 is 3. The number of amides is 1. The molecule has 1 aromatic rings. The van der Waals surface area contributed by atoms with Crippen molar-refractivity contribution in [3.8, 4) is 11.5 Å². The molecule has 0 bridgehead atoms. The van der Waals surface area contributed by atoms with Gasteiger partial charge in [-0.1, -0.05) is 0 Å². The van der Waals surface area contributed by atoms with E-state index in [1.807, 2.05) is 6.07 Å². The number of benzene rings is 1. The SMILES string of the molecule is COCCN(C(=O)[C@@H]1CC[C@H](CN)O1)c1ccc(OC)c(OC)c1. The molecule has 0 saturated carbocycles. The number of carbonyl (C=O) groups excluding carboxylic acids is 1. The van der Waals surface area contributed by atoms with Gasteiger partial charge in [-0.2, -0.15) is 0 Å². The third-order valence-electron chi connectivity index (χ3n) is 4.11. The summed E-state index contributed by atoms with van der Waals surface area (Å²) in [5.41, 5.74) is 6.35. The molecule has 1 amide bonds. The first-order valence-corrected chi connectivity index (χ1v) is 8.02. The second kappa shape index (κ2) is 8.86. The van der Waals surface area contributed by atoms with Crippen molar-refractivity contribution in [3.63, 3.8) is 0 Å². The Morgan fingerprint density at radius 2 is 2.00 bits per heavy atom. The topological polar surface area (TPSA) is 83.3 Å². The molecule has 1 aliphatic rings. The molecule has 1 heterocycles. The summed E-state index contributed by atoms with van der Waals surface area (Å²) in [5, 5.41) is 0. The maximum Gasteiger partial charge on any atom is 0.256 e. The van der Waals surface area contributed by atoms with Crippen LogP contribution in [0.25, 0.3) is 0 Å². The average Bonchev–Trinajstić information content (AvgIpc) is 3.10. The number of rotatable bonds is 8. The first kappa shape index (κ1) is 18.5. The minimum Gasteiger partial charge on any atom is -0.493 e. The highest BCUT2D eigenvalue weighted by atomic mass is 16.5. The van der Waals surface area contributed by atoms with Crippen LogP contribution in [0.4, 0.5) is 5.69 Å². The fourth-order valence-electron chi connectivity index (χ4n) is 2.78. The van der Waals surface area contributed by atoms with Gasteiger partial charge in [0.1, 0.15) is 6.10 Å². The lowest BCUT2D eigenvalue weighted by Crippen LogP contribution is -2.41. The summed E-state index contributed by atoms with van der Waals surface area (Å²) < 4.78 is 21.5. The Hall–Kier alpha value is -1.83. The van der Waals surface area contributed by atoms with Crippen LogP contribution in [0.2, 0.25) is 0 Å². The van der Waals surface area contributed by atoms with Crippen molar-refractivity contribution in [2.75, 3.05) is 45.9 Å². The molecule has 2 rings (SSSR count). The number of nitrogens with two attached hydrogens (primary N) is 1. The minimum atomic E-state index is -0.469. The van der Waals surface area contributed by atoms with E-state index in [9.17, 15) is 4.79 Å². The van der Waals surface area contributed by atoms with Gasteiger partial charge in [0, 0.05) is 32.0 Å². The monoisotopic (exact) mass is 338 g/mol. The largest absolute Gasteiger partial charge is 0.493 e. The molecule has 1 aliphatic heterocycles. The lowest BCUT2D eigenvalue weighted by Gasteiger charge is -2.26. The highest BCUT2D eigenvalue weighted by molar-refractivity contribution is 5.97. The molecular formula is C17H26N2O5. The number of anilines is 1. The second-order valence-electron chi connectivity index (χ2n) is 5.58. The Balaban J connectivity index is 2.23. The number of ether oxygens (including phenoxy) is 4. The van der Waals surface area contributed by atoms with Gasteiger partial charge in [0.05, 0.1) is 26.9 Å². The van der Waals surface area contributed by atoms with E-state index in [4.69, 9.17) is 24.7 Å². The molecule has 0 unspecified atom stereocenters. The molecule has 7 heteroatoms. The van der Waals surface area contributed by atoms with Crippen molar-refractivity contribution in [1.82, 2.24) is 0 Å². The third kappa shape index (κ3) is 4.17. The van der Waals surface area contributed by atoms with Gasteiger partial charge in [0.25, 0.3) is 5.91 Å². The standard InChI is InChI=1S/C17H26N2O5/c1-21-9-8-19(17(20)15-7-5-13(11-18)24-15)12-4-6-14(22-2)16(10-12)23-3/h4,6,10,13,15H,5,7-9,11,18H2,1-3H3/t13-,15+/m1/s1. The summed E-state index contributed by atoms with van der Waals surface area (Å²) in [6.07, 6.45) is 0.964. The first-order chi connectivity index (χ1) is 11.6. The summed E-state index contributed by atoms with van der Waals surface area (Å²) in [6.45, 7) is 1.28. The number of nitrogens with zero attached hydrogens (tertiary/aromatic N) is 1. The molecule has 24 heavy (non-hydrogen) atoms. The summed E-state index contributed by atoms with van der Waals surface area (Å²) in [7, 11) is 4.74. The van der Waals surface area contributed by atoms with Gasteiger partial charge < -0.3 is 29.6 Å². The second-order valence-corrected chi connectivity index (χ2v) is 5.58. The maximum absolute atomic E-state index is 12.9. The molecule has 0 aromatic heterocycles. The summed E-state index contributed by atoms with van der Waals surface area (Å²) in [6, 6.07) is 5.38. The zero-order valence-corrected chi connectivity index (χ0v) is 14.5. The smallest absolute Gasteiger partial charge is 0.256 e. The summed E-state index contributed by atoms with van der Waals surface area (Å²) in [5.74, 6) is 1.09. The van der Waals surface area contributed by atoms with Crippen LogP contribution in [-0.2, 0) is 14.3 Å². The molecule has 1 saturated heterocycles. The Labute approximate surface area is 142 Å². The van der Waals surface area contributed by atoms with E-state index in [2.05, 4.69) is 0 Å². The van der Waals surface area contributed by atoms with Crippen LogP contribution in [0.5, 0.6) is 11.5 Å². The number of hydrogen-bond acceptors (Lipinski definition) is 6. The van der Waals surface area contributed by atoms with E-state index in [0.717, 1.165) is 12.1 Å². The quantitative estimate of drug-likeness (QED) is 0.767. The van der Waals surface area contributed by atoms with Gasteiger partial charge in [-0.25, -0.2) is 0 Å². The predicted octanol–water partition coefficient (Wildman–Crippen LogP) is 1.19. The Bertz CT molecular complexity index is 552. The van der Waals surface area contributed by atoms with Gasteiger partial charge in [-0.05, 0) is 25.0 Å². The molecule has 7 nitrogen and oxygen atoms in total. The predicted molar refractivity (Wildman–Crippen MR) is 90.7 cm³/mol. The van der Waals surface area contributed by atoms with Crippen LogP contribution in [0.1, 0.15) is 12.8 Å². The van der Waals surface area contributed by atoms with Crippen molar-refractivity contribution in [3.05, 3.63) is 18.2 Å². The maximum atomic E-state index is 12.9. The highest BCUT2D eigenvalue weighted by Crippen LogP contribution is 2.32. The average molecular weight is 338 g/mol. The molecule has 2 atom stereocenters. The molecule has 1 aromatic carbocycles. The molecular weight excluding hydrogens is 312 g/mol. The Kier molecular flexibility index (Phi) is 6.84. The lowest BCUT2D eigenvalue weighted by molar-refractivity contribution is -0.129. The van der Waals surface area contributed by atoms with Crippen LogP contribution in [0.15, 0.2) is 18.2 Å². The molecule has 0 radical (unpaired) electrons. The van der Waals surface area contributed by atoms with Gasteiger partial charge >= 0.3 is 0 Å². The molecule has 0 aliphatic carbocycles. The summed E-state index contributed by atoms with van der Waals surface area (Å²) in [4.78, 5) is 14.6. The highest BCUT2D eigenvalue weighted by Gasteiger charge is 2.33. The van der Waals surface area contributed by atoms with Crippen LogP contribution in [0, 0.1) is 0 Å². The summed E-state index contributed by atoms with van der Waals surface area (Å²) >= 11 is 0. The van der Waals surface area contributed by atoms with Gasteiger partial charge in [0.15, 0.2) is 11.5 Å². The van der Waals surface area contributed by atoms with Gasteiger partial charge in [-0.15, -0.1) is 0 Å². The van der Waals surface area contributed by atoms with E-state index in [1.54, 1.807) is 38.4 Å². The first-order valence-electron chi connectivity index (χ1n) is 8.02. The van der Waals surface area contributed by atoms with E-state index >= 15 is 0 Å². The number of carbonyl (C=O) groups is 1. The third-order valence-corrected chi connectivity index (χ3v) is 4.11. The molecule has 1 fully saturated rings. The van der Waals surface area contributed by atoms with E-state index < -0.39 is 6.10 Å².